The third kappa shape index (κ3) is 3.75. The first-order chi connectivity index (χ1) is 13.0. The predicted molar refractivity (Wildman–Crippen MR) is 105 cm³/mol. The van der Waals surface area contributed by atoms with Crippen molar-refractivity contribution in [3.05, 3.63) is 28.3 Å². The summed E-state index contributed by atoms with van der Waals surface area (Å²) in [4.78, 5) is 23.2. The number of amidine groups is 1. The van der Waals surface area contributed by atoms with Crippen LogP contribution in [0.1, 0.15) is 56.6 Å². The van der Waals surface area contributed by atoms with Gasteiger partial charge in [-0.15, -0.1) is 0 Å². The number of nitrogens with one attached hydrogen (secondary N) is 1. The van der Waals surface area contributed by atoms with Crippen LogP contribution < -0.4 is 10.2 Å². The van der Waals surface area contributed by atoms with E-state index < -0.39 is 6.10 Å². The Morgan fingerprint density at radius 3 is 2.70 bits per heavy atom. The first kappa shape index (κ1) is 18.5. The highest BCUT2D eigenvalue weighted by molar-refractivity contribution is 5.99. The zero-order valence-electron chi connectivity index (χ0n) is 16.3. The van der Waals surface area contributed by atoms with Crippen molar-refractivity contribution in [2.45, 2.75) is 76.7 Å². The number of nitroso groups, excluding NO2 is 1. The van der Waals surface area contributed by atoms with E-state index >= 15 is 0 Å². The number of pyridine rings is 1. The molecule has 3 heterocycles. The number of aromatic nitrogens is 1. The average Bonchev–Trinajstić information content (AvgIpc) is 2.68. The molecule has 7 nitrogen and oxygen atoms in total. The number of piperidine rings is 1. The van der Waals surface area contributed by atoms with Crippen molar-refractivity contribution >= 4 is 11.7 Å². The van der Waals surface area contributed by atoms with Gasteiger partial charge in [0, 0.05) is 43.1 Å². The molecule has 2 aliphatic heterocycles. The van der Waals surface area contributed by atoms with Gasteiger partial charge in [0.05, 0.1) is 6.10 Å². The molecule has 7 heteroatoms. The van der Waals surface area contributed by atoms with Crippen molar-refractivity contribution in [3.8, 4) is 0 Å². The molecular formula is C20H30N5O2+. The van der Waals surface area contributed by atoms with Crippen molar-refractivity contribution < 1.29 is 9.87 Å². The Balaban J connectivity index is 1.47. The predicted octanol–water partition coefficient (Wildman–Crippen LogP) is 2.14. The fourth-order valence-corrected chi connectivity index (χ4v) is 4.46. The molecule has 2 N–H and O–H groups in total. The average molecular weight is 372 g/mol. The van der Waals surface area contributed by atoms with Crippen LogP contribution in [0.15, 0.2) is 17.3 Å². The molecule has 0 spiro atoms. The molecule has 0 amide bonds. The summed E-state index contributed by atoms with van der Waals surface area (Å²) < 4.78 is 0.938. The monoisotopic (exact) mass is 372 g/mol. The molecule has 1 aromatic rings. The Kier molecular flexibility index (Phi) is 5.23. The second-order valence-electron chi connectivity index (χ2n) is 8.20. The molecule has 27 heavy (non-hydrogen) atoms. The minimum absolute atomic E-state index is 0.135. The highest BCUT2D eigenvalue weighted by Crippen LogP contribution is 2.28. The minimum Gasteiger partial charge on any atom is -0.390 e. The summed E-state index contributed by atoms with van der Waals surface area (Å²) in [5.41, 5.74) is 1.77. The van der Waals surface area contributed by atoms with E-state index in [0.29, 0.717) is 18.4 Å². The molecule has 0 bridgehead atoms. The van der Waals surface area contributed by atoms with E-state index in [1.165, 1.54) is 32.1 Å². The minimum atomic E-state index is -0.442. The number of hydrogen-bond acceptors (Lipinski definition) is 6. The molecule has 3 unspecified atom stereocenters. The maximum atomic E-state index is 12.1. The van der Waals surface area contributed by atoms with Gasteiger partial charge in [0.2, 0.25) is 0 Å². The molecule has 146 valence electrons. The third-order valence-corrected chi connectivity index (χ3v) is 6.04. The van der Waals surface area contributed by atoms with E-state index in [2.05, 4.69) is 20.2 Å². The maximum absolute atomic E-state index is 12.1. The van der Waals surface area contributed by atoms with E-state index in [4.69, 9.17) is 0 Å². The molecule has 1 saturated heterocycles. The topological polar surface area (TPSA) is 80.8 Å². The van der Waals surface area contributed by atoms with Crippen LogP contribution in [0.2, 0.25) is 0 Å². The quantitative estimate of drug-likeness (QED) is 0.792. The number of anilines is 1. The molecule has 1 aromatic heterocycles. The van der Waals surface area contributed by atoms with Crippen LogP contribution in [0.3, 0.4) is 0 Å². The van der Waals surface area contributed by atoms with Gasteiger partial charge < -0.3 is 15.3 Å². The molecule has 2 fully saturated rings. The molecular weight excluding hydrogens is 342 g/mol. The van der Waals surface area contributed by atoms with Gasteiger partial charge in [0.15, 0.2) is 0 Å². The summed E-state index contributed by atoms with van der Waals surface area (Å²) in [5, 5.41) is 14.4. The highest BCUT2D eigenvalue weighted by Gasteiger charge is 2.43. The summed E-state index contributed by atoms with van der Waals surface area (Å²) in [6, 6.07) is 2.64. The third-order valence-electron chi connectivity index (χ3n) is 6.04. The van der Waals surface area contributed by atoms with Gasteiger partial charge in [-0.3, -0.25) is 0 Å². The van der Waals surface area contributed by atoms with Crippen LogP contribution in [0, 0.1) is 11.8 Å². The first-order valence-corrected chi connectivity index (χ1v) is 10.2. The van der Waals surface area contributed by atoms with E-state index in [9.17, 15) is 10.0 Å². The van der Waals surface area contributed by atoms with Crippen molar-refractivity contribution in [2.24, 2.45) is 4.99 Å². The molecule has 0 radical (unpaired) electrons. The Labute approximate surface area is 160 Å². The van der Waals surface area contributed by atoms with E-state index in [-0.39, 0.29) is 12.2 Å². The molecule has 4 rings (SSSR count). The number of aliphatic hydroxyl groups excluding tert-OH is 1. The second kappa shape index (κ2) is 7.64. The second-order valence-corrected chi connectivity index (χ2v) is 8.20. The summed E-state index contributed by atoms with van der Waals surface area (Å²) in [7, 11) is 0. The molecule has 1 saturated carbocycles. The van der Waals surface area contributed by atoms with E-state index in [1.807, 2.05) is 19.2 Å². The first-order valence-electron chi connectivity index (χ1n) is 10.2. The SMILES string of the molecule is Cc1cnc(N2CCC(NC3CCCCC3)C(O)C2)c(C2=NC(C)[N+]2=O)c1. The van der Waals surface area contributed by atoms with Crippen molar-refractivity contribution in [2.75, 3.05) is 18.0 Å². The summed E-state index contributed by atoms with van der Waals surface area (Å²) in [6.07, 6.45) is 8.26. The number of aryl methyl sites for hydroxylation is 1. The molecule has 3 atom stereocenters. The summed E-state index contributed by atoms with van der Waals surface area (Å²) in [5.74, 6) is 1.20. The summed E-state index contributed by atoms with van der Waals surface area (Å²) >= 11 is 0. The largest absolute Gasteiger partial charge is 0.390 e. The van der Waals surface area contributed by atoms with Crippen molar-refractivity contribution in [1.29, 1.82) is 0 Å². The van der Waals surface area contributed by atoms with Gasteiger partial charge >= 0.3 is 12.0 Å². The Bertz CT molecular complexity index is 744. The van der Waals surface area contributed by atoms with Gasteiger partial charge in [-0.05, 0) is 42.8 Å². The molecule has 0 aromatic carbocycles. The van der Waals surface area contributed by atoms with Gasteiger partial charge in [0.1, 0.15) is 11.4 Å². The fourth-order valence-electron chi connectivity index (χ4n) is 4.46. The smallest absolute Gasteiger partial charge is 0.376 e. The van der Waals surface area contributed by atoms with Crippen molar-refractivity contribution in [3.63, 3.8) is 0 Å². The van der Waals surface area contributed by atoms with Gasteiger partial charge in [-0.25, -0.2) is 4.98 Å². The lowest BCUT2D eigenvalue weighted by molar-refractivity contribution is -0.498. The van der Waals surface area contributed by atoms with Crippen molar-refractivity contribution in [1.82, 2.24) is 10.3 Å². The number of aliphatic imine (C=N–C) groups is 1. The number of β-amino-alcohol motifs (C(OH)–C–C–N with tert-alkyl or cyclic N) is 1. The van der Waals surface area contributed by atoms with Crippen LogP contribution in [0.25, 0.3) is 0 Å². The Morgan fingerprint density at radius 2 is 2.04 bits per heavy atom. The fraction of sp³-hybridized carbons (Fsp3) is 0.700. The van der Waals surface area contributed by atoms with E-state index in [1.54, 1.807) is 6.92 Å². The van der Waals surface area contributed by atoms with Crippen LogP contribution in [0.5, 0.6) is 0 Å². The number of rotatable bonds is 4. The number of aliphatic hydroxyl groups is 1. The lowest BCUT2D eigenvalue weighted by atomic mass is 9.92. The Hall–Kier alpha value is -1.86. The molecule has 1 aliphatic carbocycles. The zero-order valence-corrected chi connectivity index (χ0v) is 16.3. The Morgan fingerprint density at radius 1 is 1.26 bits per heavy atom. The zero-order chi connectivity index (χ0) is 19.0. The normalized spacial score (nSPS) is 29.4. The highest BCUT2D eigenvalue weighted by atomic mass is 16.3. The number of nitrogens with zero attached hydrogens (tertiary/aromatic N) is 4. The van der Waals surface area contributed by atoms with Gasteiger partial charge in [-0.1, -0.05) is 24.2 Å². The molecule has 3 aliphatic rings. The van der Waals surface area contributed by atoms with Crippen LogP contribution >= 0.6 is 0 Å². The lowest BCUT2D eigenvalue weighted by Crippen LogP contribution is -2.55. The maximum Gasteiger partial charge on any atom is 0.376 e. The van der Waals surface area contributed by atoms with Crippen LogP contribution in [-0.2, 0) is 0 Å². The number of hydrogen-bond donors (Lipinski definition) is 2. The van der Waals surface area contributed by atoms with E-state index in [0.717, 1.165) is 34.7 Å². The van der Waals surface area contributed by atoms with Crippen LogP contribution in [0.4, 0.5) is 5.82 Å². The standard InChI is InChI=1S/C20H30N5O2/c1-13-10-16(20-22-14(2)25(20)27)19(21-11-13)24-9-8-17(18(26)12-24)23-15-6-4-3-5-7-15/h10-11,14-15,17-18,23,26H,3-9,12H2,1-2H3/q+1. The van der Waals surface area contributed by atoms with Crippen LogP contribution in [-0.4, -0.2) is 58.1 Å². The van der Waals surface area contributed by atoms with Gasteiger partial charge in [0.25, 0.3) is 0 Å². The van der Waals surface area contributed by atoms with Gasteiger partial charge in [-0.2, -0.15) is 0 Å². The lowest BCUT2D eigenvalue weighted by Gasteiger charge is -2.39. The summed E-state index contributed by atoms with van der Waals surface area (Å²) in [6.45, 7) is 5.08.